The van der Waals surface area contributed by atoms with Gasteiger partial charge in [-0.3, -0.25) is 4.79 Å². The summed E-state index contributed by atoms with van der Waals surface area (Å²) in [6.07, 6.45) is 1.79. The van der Waals surface area contributed by atoms with Crippen molar-refractivity contribution in [2.75, 3.05) is 11.9 Å². The molecule has 23 heavy (non-hydrogen) atoms. The van der Waals surface area contributed by atoms with E-state index in [-0.39, 0.29) is 5.56 Å². The molecular formula is C17H20N4OS. The van der Waals surface area contributed by atoms with Gasteiger partial charge in [0.1, 0.15) is 0 Å². The number of aromatic nitrogens is 3. The maximum Gasteiger partial charge on any atom is 0.275 e. The lowest BCUT2D eigenvalue weighted by Gasteiger charge is -2.15. The number of benzene rings is 1. The first kappa shape index (κ1) is 15.7. The van der Waals surface area contributed by atoms with Gasteiger partial charge in [0, 0.05) is 24.2 Å². The molecule has 2 aromatic heterocycles. The highest BCUT2D eigenvalue weighted by Gasteiger charge is 2.12. The van der Waals surface area contributed by atoms with Gasteiger partial charge in [-0.15, -0.1) is 5.10 Å². The van der Waals surface area contributed by atoms with E-state index in [0.29, 0.717) is 10.9 Å². The van der Waals surface area contributed by atoms with E-state index in [2.05, 4.69) is 46.6 Å². The number of hydrogen-bond acceptors (Lipinski definition) is 5. The van der Waals surface area contributed by atoms with E-state index >= 15 is 0 Å². The summed E-state index contributed by atoms with van der Waals surface area (Å²) in [5.74, 6) is 0.416. The highest BCUT2D eigenvalue weighted by Crippen LogP contribution is 2.22. The van der Waals surface area contributed by atoms with Crippen LogP contribution >= 0.6 is 11.3 Å². The molecule has 0 radical (unpaired) electrons. The fourth-order valence-electron chi connectivity index (χ4n) is 2.54. The first-order valence-corrected chi connectivity index (χ1v) is 8.71. The molecule has 3 rings (SSSR count). The first-order chi connectivity index (χ1) is 11.2. The molecular weight excluding hydrogens is 308 g/mol. The molecule has 0 amide bonds. The van der Waals surface area contributed by atoms with Crippen molar-refractivity contribution in [3.63, 3.8) is 0 Å². The van der Waals surface area contributed by atoms with Gasteiger partial charge in [0.15, 0.2) is 0 Å². The van der Waals surface area contributed by atoms with E-state index in [0.717, 1.165) is 30.2 Å². The Labute approximate surface area is 139 Å². The molecule has 1 aromatic carbocycles. The van der Waals surface area contributed by atoms with Crippen LogP contribution in [0, 0.1) is 0 Å². The van der Waals surface area contributed by atoms with Crippen molar-refractivity contribution in [1.29, 1.82) is 0 Å². The Bertz CT molecular complexity index is 841. The lowest BCUT2D eigenvalue weighted by Crippen LogP contribution is -2.16. The minimum Gasteiger partial charge on any atom is -0.359 e. The van der Waals surface area contributed by atoms with Crippen LogP contribution in [0.4, 0.5) is 5.13 Å². The summed E-state index contributed by atoms with van der Waals surface area (Å²) in [5.41, 5.74) is 2.00. The summed E-state index contributed by atoms with van der Waals surface area (Å²) in [5, 5.41) is 8.43. The summed E-state index contributed by atoms with van der Waals surface area (Å²) in [6.45, 7) is 4.96. The van der Waals surface area contributed by atoms with E-state index < -0.39 is 0 Å². The van der Waals surface area contributed by atoms with Gasteiger partial charge in [-0.25, -0.2) is 4.98 Å². The largest absolute Gasteiger partial charge is 0.359 e. The molecule has 1 unspecified atom stereocenters. The van der Waals surface area contributed by atoms with Crippen molar-refractivity contribution in [3.05, 3.63) is 58.0 Å². The number of hydrogen-bond donors (Lipinski definition) is 1. The van der Waals surface area contributed by atoms with Crippen molar-refractivity contribution in [2.45, 2.75) is 32.6 Å². The van der Waals surface area contributed by atoms with Crippen molar-refractivity contribution >= 4 is 21.4 Å². The van der Waals surface area contributed by atoms with Crippen LogP contribution in [0.2, 0.25) is 0 Å². The Balaban J connectivity index is 1.79. The van der Waals surface area contributed by atoms with Crippen molar-refractivity contribution < 1.29 is 0 Å². The Morgan fingerprint density at radius 3 is 2.74 bits per heavy atom. The second-order valence-corrected chi connectivity index (χ2v) is 6.39. The Kier molecular flexibility index (Phi) is 4.71. The zero-order valence-electron chi connectivity index (χ0n) is 13.3. The SMILES string of the molecule is CCc1cc(=O)n2nc(NCC(CC)c3ccccc3)sc2n1. The van der Waals surface area contributed by atoms with Crippen LogP contribution in [0.15, 0.2) is 41.2 Å². The number of anilines is 1. The highest BCUT2D eigenvalue weighted by atomic mass is 32.1. The smallest absolute Gasteiger partial charge is 0.275 e. The fraction of sp³-hybridized carbons (Fsp3) is 0.353. The van der Waals surface area contributed by atoms with Gasteiger partial charge in [0.25, 0.3) is 5.56 Å². The van der Waals surface area contributed by atoms with E-state index in [1.165, 1.54) is 21.4 Å². The standard InChI is InChI=1S/C17H20N4OS/c1-3-12(13-8-6-5-7-9-13)11-18-16-20-21-15(22)10-14(4-2)19-17(21)23-16/h5-10,12H,3-4,11H2,1-2H3,(H,18,20). The van der Waals surface area contributed by atoms with E-state index in [9.17, 15) is 4.79 Å². The van der Waals surface area contributed by atoms with E-state index in [4.69, 9.17) is 0 Å². The Morgan fingerprint density at radius 2 is 2.04 bits per heavy atom. The van der Waals surface area contributed by atoms with Crippen LogP contribution in [0.5, 0.6) is 0 Å². The fourth-order valence-corrected chi connectivity index (χ4v) is 3.37. The molecule has 0 spiro atoms. The molecule has 2 heterocycles. The molecule has 1 N–H and O–H groups in total. The number of aryl methyl sites for hydroxylation is 1. The average molecular weight is 328 g/mol. The van der Waals surface area contributed by atoms with E-state index in [1.54, 1.807) is 6.07 Å². The summed E-state index contributed by atoms with van der Waals surface area (Å²) in [7, 11) is 0. The molecule has 0 fully saturated rings. The lowest BCUT2D eigenvalue weighted by molar-refractivity contribution is 0.693. The number of fused-ring (bicyclic) bond motifs is 1. The average Bonchev–Trinajstić information content (AvgIpc) is 3.00. The quantitative estimate of drug-likeness (QED) is 0.754. The summed E-state index contributed by atoms with van der Waals surface area (Å²) in [6, 6.07) is 12.0. The molecule has 120 valence electrons. The maximum absolute atomic E-state index is 12.0. The molecule has 3 aromatic rings. The molecule has 0 bridgehead atoms. The van der Waals surface area contributed by atoms with Crippen LogP contribution in [-0.2, 0) is 6.42 Å². The van der Waals surface area contributed by atoms with Crippen LogP contribution < -0.4 is 10.9 Å². The topological polar surface area (TPSA) is 59.3 Å². The third-order valence-corrected chi connectivity index (χ3v) is 4.79. The van der Waals surface area contributed by atoms with Crippen molar-refractivity contribution in [2.24, 2.45) is 0 Å². The second kappa shape index (κ2) is 6.91. The second-order valence-electron chi connectivity index (χ2n) is 5.44. The van der Waals surface area contributed by atoms with Crippen molar-refractivity contribution in [3.8, 4) is 0 Å². The normalized spacial score (nSPS) is 12.4. The zero-order chi connectivity index (χ0) is 16.2. The summed E-state index contributed by atoms with van der Waals surface area (Å²) >= 11 is 1.42. The number of rotatable bonds is 6. The lowest BCUT2D eigenvalue weighted by atomic mass is 9.97. The highest BCUT2D eigenvalue weighted by molar-refractivity contribution is 7.20. The zero-order valence-corrected chi connectivity index (χ0v) is 14.1. The molecule has 1 atom stereocenters. The first-order valence-electron chi connectivity index (χ1n) is 7.89. The minimum atomic E-state index is -0.119. The van der Waals surface area contributed by atoms with Crippen LogP contribution in [0.3, 0.4) is 0 Å². The minimum absolute atomic E-state index is 0.119. The molecule has 0 saturated carbocycles. The van der Waals surface area contributed by atoms with Crippen LogP contribution in [-0.4, -0.2) is 21.1 Å². The van der Waals surface area contributed by atoms with Gasteiger partial charge in [-0.05, 0) is 18.4 Å². The Hall–Kier alpha value is -2.21. The van der Waals surface area contributed by atoms with Gasteiger partial charge in [-0.2, -0.15) is 4.52 Å². The molecule has 0 saturated heterocycles. The van der Waals surface area contributed by atoms with Gasteiger partial charge in [0.2, 0.25) is 10.1 Å². The van der Waals surface area contributed by atoms with Gasteiger partial charge < -0.3 is 5.32 Å². The summed E-state index contributed by atoms with van der Waals surface area (Å²) in [4.78, 5) is 17.1. The third kappa shape index (κ3) is 3.42. The molecule has 6 heteroatoms. The molecule has 0 aliphatic rings. The Morgan fingerprint density at radius 1 is 1.26 bits per heavy atom. The molecule has 5 nitrogen and oxygen atoms in total. The van der Waals surface area contributed by atoms with E-state index in [1.807, 2.05) is 13.0 Å². The predicted molar refractivity (Wildman–Crippen MR) is 94.5 cm³/mol. The monoisotopic (exact) mass is 328 g/mol. The molecule has 0 aliphatic heterocycles. The predicted octanol–water partition coefficient (Wildman–Crippen LogP) is 3.32. The third-order valence-electron chi connectivity index (χ3n) is 3.92. The number of nitrogens with zero attached hydrogens (tertiary/aromatic N) is 3. The van der Waals surface area contributed by atoms with Crippen molar-refractivity contribution in [1.82, 2.24) is 14.6 Å². The molecule has 0 aliphatic carbocycles. The maximum atomic E-state index is 12.0. The van der Waals surface area contributed by atoms with Crippen LogP contribution in [0.1, 0.15) is 37.4 Å². The van der Waals surface area contributed by atoms with Gasteiger partial charge in [0.05, 0.1) is 0 Å². The van der Waals surface area contributed by atoms with Crippen LogP contribution in [0.25, 0.3) is 4.96 Å². The number of nitrogens with one attached hydrogen (secondary N) is 1. The van der Waals surface area contributed by atoms with Gasteiger partial charge >= 0.3 is 0 Å². The summed E-state index contributed by atoms with van der Waals surface area (Å²) < 4.78 is 1.37. The van der Waals surface area contributed by atoms with Gasteiger partial charge in [-0.1, -0.05) is 55.5 Å².